The van der Waals surface area contributed by atoms with Crippen LogP contribution in [0.1, 0.15) is 71.1 Å². The van der Waals surface area contributed by atoms with E-state index >= 15 is 0 Å². The number of nitrogens with zero attached hydrogens (tertiary/aromatic N) is 1. The molecular weight excluding hydrogens is 244 g/mol. The molecule has 1 heterocycles. The third-order valence-electron chi connectivity index (χ3n) is 3.12. The Morgan fingerprint density at radius 1 is 0.944 bits per heavy atom. The zero-order valence-corrected chi connectivity index (χ0v) is 12.9. The Kier molecular flexibility index (Phi) is 16.8. The summed E-state index contributed by atoms with van der Waals surface area (Å²) in [7, 11) is 0. The maximum Gasteiger partial charge on any atom is 0.182 e. The van der Waals surface area contributed by atoms with E-state index in [0.717, 1.165) is 19.0 Å². The second-order valence-corrected chi connectivity index (χ2v) is 5.33. The lowest BCUT2D eigenvalue weighted by Gasteiger charge is -2.00. The van der Waals surface area contributed by atoms with Gasteiger partial charge in [-0.05, 0) is 6.42 Å². The summed E-state index contributed by atoms with van der Waals surface area (Å²) in [6, 6.07) is 0. The summed E-state index contributed by atoms with van der Waals surface area (Å²) in [5, 5.41) is 2.07. The Balaban J connectivity index is 0.000000473. The highest BCUT2D eigenvalue weighted by Crippen LogP contribution is 2.10. The van der Waals surface area contributed by atoms with E-state index in [9.17, 15) is 0 Å². The van der Waals surface area contributed by atoms with Gasteiger partial charge in [0, 0.05) is 5.88 Å². The van der Waals surface area contributed by atoms with Crippen molar-refractivity contribution in [2.75, 3.05) is 19.0 Å². The maximum absolute atomic E-state index is 5.60. The predicted molar refractivity (Wildman–Crippen MR) is 82.7 cm³/mol. The molecule has 1 aliphatic rings. The van der Waals surface area contributed by atoms with Gasteiger partial charge in [-0.3, -0.25) is 0 Å². The van der Waals surface area contributed by atoms with Crippen molar-refractivity contribution in [1.29, 1.82) is 0 Å². The Morgan fingerprint density at radius 2 is 1.50 bits per heavy atom. The summed E-state index contributed by atoms with van der Waals surface area (Å²) in [6.45, 7) is 4.44. The fraction of sp³-hybridized carbons (Fsp3) is 0.933. The van der Waals surface area contributed by atoms with E-state index in [0.29, 0.717) is 0 Å². The summed E-state index contributed by atoms with van der Waals surface area (Å²) in [5.41, 5.74) is 0. The van der Waals surface area contributed by atoms with E-state index in [1.165, 1.54) is 64.2 Å². The van der Waals surface area contributed by atoms with E-state index in [1.54, 1.807) is 0 Å². The Bertz CT molecular complexity index is 156. The minimum absolute atomic E-state index is 0.844. The minimum Gasteiger partial charge on any atom is -0.303 e. The lowest BCUT2D eigenvalue weighted by molar-refractivity contribution is -0.518. The highest BCUT2D eigenvalue weighted by Gasteiger charge is 1.91. The monoisotopic (exact) mass is 275 g/mol. The van der Waals surface area contributed by atoms with Crippen molar-refractivity contribution in [3.8, 4) is 0 Å². The first-order valence-corrected chi connectivity index (χ1v) is 8.32. The number of halogens is 1. The molecule has 0 unspecified atom stereocenters. The SMILES string of the molecule is C1=NCC[NH2+]1.CCCCCCCCCCCCCl. The van der Waals surface area contributed by atoms with Gasteiger partial charge in [0.05, 0.1) is 6.54 Å². The van der Waals surface area contributed by atoms with E-state index in [-0.39, 0.29) is 0 Å². The van der Waals surface area contributed by atoms with Crippen molar-refractivity contribution < 1.29 is 5.32 Å². The normalized spacial score (nSPS) is 13.4. The molecule has 0 bridgehead atoms. The molecule has 0 radical (unpaired) electrons. The predicted octanol–water partition coefficient (Wildman–Crippen LogP) is 3.74. The molecule has 0 aromatic carbocycles. The van der Waals surface area contributed by atoms with Crippen molar-refractivity contribution in [1.82, 2.24) is 0 Å². The van der Waals surface area contributed by atoms with Crippen LogP contribution < -0.4 is 5.32 Å². The average molecular weight is 276 g/mol. The molecule has 1 aliphatic heterocycles. The molecular formula is C15H32ClN2+. The van der Waals surface area contributed by atoms with Crippen LogP contribution in [-0.4, -0.2) is 25.3 Å². The van der Waals surface area contributed by atoms with Crippen LogP contribution in [0.25, 0.3) is 0 Å². The van der Waals surface area contributed by atoms with Crippen LogP contribution in [0.3, 0.4) is 0 Å². The van der Waals surface area contributed by atoms with E-state index in [2.05, 4.69) is 17.2 Å². The largest absolute Gasteiger partial charge is 0.303 e. The fourth-order valence-electron chi connectivity index (χ4n) is 1.95. The highest BCUT2D eigenvalue weighted by atomic mass is 35.5. The quantitative estimate of drug-likeness (QED) is 0.465. The molecule has 0 aromatic heterocycles. The molecule has 0 saturated heterocycles. The van der Waals surface area contributed by atoms with E-state index < -0.39 is 0 Å². The first-order chi connectivity index (χ1) is 8.91. The van der Waals surface area contributed by atoms with Crippen LogP contribution in [0.4, 0.5) is 0 Å². The lowest BCUT2D eigenvalue weighted by Crippen LogP contribution is -2.80. The number of hydrogen-bond acceptors (Lipinski definition) is 1. The molecule has 2 N–H and O–H groups in total. The zero-order chi connectivity index (χ0) is 13.3. The molecule has 0 atom stereocenters. The molecule has 2 nitrogen and oxygen atoms in total. The van der Waals surface area contributed by atoms with Crippen LogP contribution in [0.2, 0.25) is 0 Å². The van der Waals surface area contributed by atoms with Crippen molar-refractivity contribution in [2.45, 2.75) is 71.1 Å². The third kappa shape index (κ3) is 15.9. The van der Waals surface area contributed by atoms with Crippen LogP contribution in [0.5, 0.6) is 0 Å². The van der Waals surface area contributed by atoms with Gasteiger partial charge < -0.3 is 5.32 Å². The number of rotatable bonds is 10. The Hall–Kier alpha value is -0.0800. The molecule has 0 aromatic rings. The molecule has 0 saturated carbocycles. The second kappa shape index (κ2) is 16.9. The maximum atomic E-state index is 5.60. The topological polar surface area (TPSA) is 29.0 Å². The van der Waals surface area contributed by atoms with Gasteiger partial charge in [0.25, 0.3) is 0 Å². The molecule has 0 fully saturated rings. The summed E-state index contributed by atoms with van der Waals surface area (Å²) < 4.78 is 0. The van der Waals surface area contributed by atoms with Crippen molar-refractivity contribution in [2.24, 2.45) is 4.99 Å². The molecule has 0 aliphatic carbocycles. The molecule has 0 spiro atoms. The van der Waals surface area contributed by atoms with Gasteiger partial charge in [0.2, 0.25) is 0 Å². The Morgan fingerprint density at radius 3 is 1.83 bits per heavy atom. The third-order valence-corrected chi connectivity index (χ3v) is 3.39. The summed E-state index contributed by atoms with van der Waals surface area (Å²) in [5.74, 6) is 0.844. The van der Waals surface area contributed by atoms with Crippen molar-refractivity contribution in [3.63, 3.8) is 0 Å². The molecule has 3 heteroatoms. The van der Waals surface area contributed by atoms with Crippen LogP contribution in [0.15, 0.2) is 4.99 Å². The summed E-state index contributed by atoms with van der Waals surface area (Å²) in [6.07, 6.45) is 15.8. The lowest BCUT2D eigenvalue weighted by atomic mass is 10.1. The van der Waals surface area contributed by atoms with Gasteiger partial charge in [-0.2, -0.15) is 0 Å². The molecule has 108 valence electrons. The second-order valence-electron chi connectivity index (χ2n) is 4.95. The van der Waals surface area contributed by atoms with E-state index in [4.69, 9.17) is 11.6 Å². The first kappa shape index (κ1) is 17.9. The first-order valence-electron chi connectivity index (χ1n) is 7.79. The highest BCUT2D eigenvalue weighted by molar-refractivity contribution is 6.17. The number of unbranched alkanes of at least 4 members (excludes halogenated alkanes) is 9. The van der Waals surface area contributed by atoms with Gasteiger partial charge >= 0.3 is 0 Å². The number of aliphatic imine (C=N–C) groups is 1. The van der Waals surface area contributed by atoms with Gasteiger partial charge in [0.15, 0.2) is 6.34 Å². The van der Waals surface area contributed by atoms with Crippen molar-refractivity contribution in [3.05, 3.63) is 0 Å². The summed E-state index contributed by atoms with van der Waals surface area (Å²) >= 11 is 5.60. The number of nitrogens with two attached hydrogens (primary N) is 1. The van der Waals surface area contributed by atoms with Gasteiger partial charge in [-0.25, -0.2) is 4.99 Å². The van der Waals surface area contributed by atoms with Gasteiger partial charge in [-0.1, -0.05) is 64.7 Å². The van der Waals surface area contributed by atoms with Crippen LogP contribution >= 0.6 is 11.6 Å². The molecule has 0 amide bonds. The fourth-order valence-corrected chi connectivity index (χ4v) is 2.14. The molecule has 1 rings (SSSR count). The zero-order valence-electron chi connectivity index (χ0n) is 12.2. The van der Waals surface area contributed by atoms with E-state index in [1.807, 2.05) is 6.34 Å². The number of quaternary nitrogens is 1. The van der Waals surface area contributed by atoms with Crippen LogP contribution in [-0.2, 0) is 0 Å². The van der Waals surface area contributed by atoms with Crippen molar-refractivity contribution >= 4 is 17.9 Å². The van der Waals surface area contributed by atoms with Gasteiger partial charge in [0.1, 0.15) is 6.54 Å². The summed E-state index contributed by atoms with van der Waals surface area (Å²) in [4.78, 5) is 3.90. The average Bonchev–Trinajstić information content (AvgIpc) is 2.96. The van der Waals surface area contributed by atoms with Gasteiger partial charge in [-0.15, -0.1) is 11.6 Å². The smallest absolute Gasteiger partial charge is 0.182 e. The standard InChI is InChI=1S/C12H25Cl.C3H6N2/c1-2-3-4-5-6-7-8-9-10-11-12-13;1-2-5-3-4-1/h2-12H2,1H3;3H,1-2H2,(H,4,5)/p+1. The number of hydrogen-bond donors (Lipinski definition) is 1. The van der Waals surface area contributed by atoms with Crippen LogP contribution in [0, 0.1) is 0 Å². The number of alkyl halides is 1. The minimum atomic E-state index is 0.844. The molecule has 18 heavy (non-hydrogen) atoms. The Labute approximate surface area is 119 Å².